The summed E-state index contributed by atoms with van der Waals surface area (Å²) in [4.78, 5) is 27.9. The second-order valence-electron chi connectivity index (χ2n) is 7.09. The molecule has 2 aromatic heterocycles. The molecule has 0 fully saturated rings. The maximum atomic E-state index is 14.7. The molecule has 32 heavy (non-hydrogen) atoms. The Morgan fingerprint density at radius 1 is 1.19 bits per heavy atom. The van der Waals surface area contributed by atoms with Crippen molar-refractivity contribution in [2.75, 3.05) is 11.9 Å². The first-order valence-electron chi connectivity index (χ1n) is 9.37. The molecule has 0 spiro atoms. The van der Waals surface area contributed by atoms with Crippen LogP contribution in [-0.4, -0.2) is 33.1 Å². The summed E-state index contributed by atoms with van der Waals surface area (Å²) in [5.74, 6) is -3.21. The lowest BCUT2D eigenvalue weighted by Crippen LogP contribution is -2.22. The summed E-state index contributed by atoms with van der Waals surface area (Å²) >= 11 is 5.88. The molecule has 3 aromatic rings. The molecule has 3 heterocycles. The quantitative estimate of drug-likeness (QED) is 0.413. The number of hydrogen-bond acceptors (Lipinski definition) is 4. The number of nitrogens with one attached hydrogen (secondary N) is 1. The SMILES string of the molecule is O=C(O)c1ccc(-c2cn(C(=O)c3c(C(F)(F)F)ccnc3Cl)c3c2NCCC3)c(F)c1. The molecule has 4 rings (SSSR count). The number of aromatic nitrogens is 2. The molecule has 0 saturated heterocycles. The second-order valence-corrected chi connectivity index (χ2v) is 7.45. The zero-order chi connectivity index (χ0) is 23.2. The summed E-state index contributed by atoms with van der Waals surface area (Å²) in [6.07, 6.45) is -1.81. The highest BCUT2D eigenvalue weighted by Gasteiger charge is 2.38. The second kappa shape index (κ2) is 7.94. The van der Waals surface area contributed by atoms with Crippen LogP contribution in [0.4, 0.5) is 23.2 Å². The van der Waals surface area contributed by atoms with Gasteiger partial charge in [-0.1, -0.05) is 17.7 Å². The number of aromatic carboxylic acids is 1. The Labute approximate surface area is 183 Å². The largest absolute Gasteiger partial charge is 0.478 e. The number of carboxylic acid groups (broad SMARTS) is 1. The molecule has 0 aliphatic carbocycles. The van der Waals surface area contributed by atoms with Gasteiger partial charge in [0.25, 0.3) is 5.91 Å². The molecule has 1 aromatic carbocycles. The summed E-state index contributed by atoms with van der Waals surface area (Å²) < 4.78 is 56.3. The first kappa shape index (κ1) is 21.8. The normalized spacial score (nSPS) is 13.4. The zero-order valence-corrected chi connectivity index (χ0v) is 16.9. The van der Waals surface area contributed by atoms with Gasteiger partial charge in [-0.15, -0.1) is 0 Å². The van der Waals surface area contributed by atoms with Gasteiger partial charge in [0.05, 0.1) is 22.4 Å². The number of carboxylic acids is 1. The van der Waals surface area contributed by atoms with E-state index in [4.69, 9.17) is 16.7 Å². The number of halogens is 5. The fraction of sp³-hybridized carbons (Fsp3) is 0.190. The lowest BCUT2D eigenvalue weighted by atomic mass is 10.0. The fourth-order valence-electron chi connectivity index (χ4n) is 3.71. The summed E-state index contributed by atoms with van der Waals surface area (Å²) in [5.41, 5.74) is -1.33. The van der Waals surface area contributed by atoms with E-state index in [0.717, 1.165) is 16.8 Å². The molecule has 0 saturated carbocycles. The molecule has 0 bridgehead atoms. The van der Waals surface area contributed by atoms with Gasteiger partial charge in [0.2, 0.25) is 0 Å². The third-order valence-corrected chi connectivity index (χ3v) is 5.43. The van der Waals surface area contributed by atoms with Crippen LogP contribution < -0.4 is 5.32 Å². The van der Waals surface area contributed by atoms with Crippen molar-refractivity contribution in [1.29, 1.82) is 0 Å². The number of rotatable bonds is 3. The molecule has 0 atom stereocenters. The van der Waals surface area contributed by atoms with E-state index < -0.39 is 40.2 Å². The molecule has 0 radical (unpaired) electrons. The molecule has 0 amide bonds. The standard InChI is InChI=1S/C21H14ClF4N3O3/c22-18-16(13(5-7-28-18)21(24,25)26)19(30)29-9-12(17-15(29)2-1-6-27-17)11-4-3-10(20(31)32)8-14(11)23/h3-5,7-9,27H,1-2,6H2,(H,31,32). The van der Waals surface area contributed by atoms with Crippen LogP contribution in [0, 0.1) is 5.82 Å². The number of benzene rings is 1. The van der Waals surface area contributed by atoms with Crippen molar-refractivity contribution in [2.45, 2.75) is 19.0 Å². The van der Waals surface area contributed by atoms with Crippen molar-refractivity contribution in [3.05, 3.63) is 70.0 Å². The van der Waals surface area contributed by atoms with E-state index in [9.17, 15) is 27.2 Å². The number of hydrogen-bond donors (Lipinski definition) is 2. The first-order valence-corrected chi connectivity index (χ1v) is 9.75. The molecule has 2 N–H and O–H groups in total. The van der Waals surface area contributed by atoms with E-state index in [-0.39, 0.29) is 16.7 Å². The number of nitrogens with zero attached hydrogens (tertiary/aromatic N) is 2. The number of pyridine rings is 1. The van der Waals surface area contributed by atoms with Gasteiger partial charge in [-0.2, -0.15) is 13.2 Å². The van der Waals surface area contributed by atoms with Crippen LogP contribution in [0.2, 0.25) is 5.15 Å². The Morgan fingerprint density at radius 2 is 1.94 bits per heavy atom. The maximum Gasteiger partial charge on any atom is 0.417 e. The number of alkyl halides is 3. The average Bonchev–Trinajstić information content (AvgIpc) is 3.12. The van der Waals surface area contributed by atoms with Gasteiger partial charge in [-0.3, -0.25) is 9.36 Å². The van der Waals surface area contributed by atoms with Crippen LogP contribution >= 0.6 is 11.6 Å². The van der Waals surface area contributed by atoms with Crippen LogP contribution in [0.5, 0.6) is 0 Å². The molecule has 11 heteroatoms. The molecular weight excluding hydrogens is 454 g/mol. The molecule has 1 aliphatic heterocycles. The Kier molecular flexibility index (Phi) is 5.41. The molecule has 1 aliphatic rings. The molecule has 166 valence electrons. The van der Waals surface area contributed by atoms with Crippen LogP contribution in [-0.2, 0) is 12.6 Å². The van der Waals surface area contributed by atoms with Gasteiger partial charge in [0.1, 0.15) is 11.0 Å². The van der Waals surface area contributed by atoms with Crippen LogP contribution in [0.1, 0.15) is 38.4 Å². The topological polar surface area (TPSA) is 84.2 Å². The summed E-state index contributed by atoms with van der Waals surface area (Å²) in [5, 5.41) is 11.5. The van der Waals surface area contributed by atoms with Crippen molar-refractivity contribution in [3.8, 4) is 11.1 Å². The highest BCUT2D eigenvalue weighted by atomic mass is 35.5. The van der Waals surface area contributed by atoms with Crippen molar-refractivity contribution in [1.82, 2.24) is 9.55 Å². The van der Waals surface area contributed by atoms with Gasteiger partial charge in [0, 0.05) is 35.8 Å². The average molecular weight is 468 g/mol. The zero-order valence-electron chi connectivity index (χ0n) is 16.1. The van der Waals surface area contributed by atoms with Crippen LogP contribution in [0.15, 0.2) is 36.7 Å². The lowest BCUT2D eigenvalue weighted by Gasteiger charge is -2.19. The molecule has 6 nitrogen and oxygen atoms in total. The van der Waals surface area contributed by atoms with E-state index >= 15 is 0 Å². The smallest absolute Gasteiger partial charge is 0.417 e. The van der Waals surface area contributed by atoms with Gasteiger partial charge in [-0.25, -0.2) is 14.2 Å². The Morgan fingerprint density at radius 3 is 2.59 bits per heavy atom. The van der Waals surface area contributed by atoms with Gasteiger partial charge < -0.3 is 10.4 Å². The van der Waals surface area contributed by atoms with Crippen LogP contribution in [0.3, 0.4) is 0 Å². The third-order valence-electron chi connectivity index (χ3n) is 5.15. The maximum absolute atomic E-state index is 14.7. The fourth-order valence-corrected chi connectivity index (χ4v) is 3.95. The summed E-state index contributed by atoms with van der Waals surface area (Å²) in [6.45, 7) is 0.508. The van der Waals surface area contributed by atoms with Crippen molar-refractivity contribution in [2.24, 2.45) is 0 Å². The molecule has 0 unspecified atom stereocenters. The van der Waals surface area contributed by atoms with Gasteiger partial charge >= 0.3 is 12.1 Å². The highest BCUT2D eigenvalue weighted by Crippen LogP contribution is 2.40. The van der Waals surface area contributed by atoms with E-state index in [1.807, 2.05) is 0 Å². The summed E-state index contributed by atoms with van der Waals surface area (Å²) in [6, 6.07) is 3.96. The van der Waals surface area contributed by atoms with E-state index in [2.05, 4.69) is 10.3 Å². The van der Waals surface area contributed by atoms with Crippen molar-refractivity contribution < 1.29 is 32.3 Å². The Balaban J connectivity index is 1.90. The third kappa shape index (κ3) is 3.70. The predicted octanol–water partition coefficient (Wildman–Crippen LogP) is 5.11. The number of anilines is 1. The van der Waals surface area contributed by atoms with Gasteiger partial charge in [-0.05, 0) is 31.0 Å². The first-order chi connectivity index (χ1) is 15.1. The Hall–Kier alpha value is -3.40. The van der Waals surface area contributed by atoms with E-state index in [0.29, 0.717) is 36.8 Å². The number of fused-ring (bicyclic) bond motifs is 1. The van der Waals surface area contributed by atoms with E-state index in [1.165, 1.54) is 18.3 Å². The summed E-state index contributed by atoms with van der Waals surface area (Å²) in [7, 11) is 0. The highest BCUT2D eigenvalue weighted by molar-refractivity contribution is 6.33. The predicted molar refractivity (Wildman–Crippen MR) is 108 cm³/mol. The number of carbonyl (C=O) groups is 2. The van der Waals surface area contributed by atoms with Crippen LogP contribution in [0.25, 0.3) is 11.1 Å². The minimum absolute atomic E-state index is 0.000489. The monoisotopic (exact) mass is 467 g/mol. The van der Waals surface area contributed by atoms with Crippen molar-refractivity contribution >= 4 is 29.2 Å². The Bertz CT molecular complexity index is 1250. The minimum Gasteiger partial charge on any atom is -0.478 e. The molecular formula is C21H14ClF4N3O3. The van der Waals surface area contributed by atoms with Crippen molar-refractivity contribution in [3.63, 3.8) is 0 Å². The van der Waals surface area contributed by atoms with Gasteiger partial charge in [0.15, 0.2) is 0 Å². The minimum atomic E-state index is -4.84. The number of carbonyl (C=O) groups excluding carboxylic acids is 1. The van der Waals surface area contributed by atoms with E-state index in [1.54, 1.807) is 0 Å². The lowest BCUT2D eigenvalue weighted by molar-refractivity contribution is -0.138.